The molecule has 1 aromatic carbocycles. The molecule has 3 N–H and O–H groups in total. The number of aryl methyl sites for hydroxylation is 1. The monoisotopic (exact) mass is 528 g/mol. The predicted molar refractivity (Wildman–Crippen MR) is 146 cm³/mol. The molecule has 8 nitrogen and oxygen atoms in total. The van der Waals surface area contributed by atoms with Crippen molar-refractivity contribution in [2.45, 2.75) is 85.5 Å². The first-order chi connectivity index (χ1) is 17.3. The quantitative estimate of drug-likeness (QED) is 0.482. The van der Waals surface area contributed by atoms with Gasteiger partial charge in [0.05, 0.1) is 28.2 Å². The molecular formula is C28H40N4O4S. The summed E-state index contributed by atoms with van der Waals surface area (Å²) < 4.78 is 0. The number of thiazole rings is 1. The van der Waals surface area contributed by atoms with Crippen molar-refractivity contribution in [1.29, 1.82) is 0 Å². The van der Waals surface area contributed by atoms with Crippen LogP contribution < -0.4 is 10.6 Å². The fourth-order valence-corrected chi connectivity index (χ4v) is 5.42. The summed E-state index contributed by atoms with van der Waals surface area (Å²) in [5, 5.41) is 16.3. The highest BCUT2D eigenvalue weighted by atomic mass is 32.1. The van der Waals surface area contributed by atoms with Crippen molar-refractivity contribution in [2.75, 3.05) is 6.54 Å². The highest BCUT2D eigenvalue weighted by Crippen LogP contribution is 2.29. The van der Waals surface area contributed by atoms with Crippen LogP contribution in [-0.2, 0) is 14.4 Å². The molecule has 2 heterocycles. The molecule has 0 bridgehead atoms. The van der Waals surface area contributed by atoms with Crippen LogP contribution in [0.15, 0.2) is 29.8 Å². The van der Waals surface area contributed by atoms with E-state index in [2.05, 4.69) is 15.6 Å². The highest BCUT2D eigenvalue weighted by molar-refractivity contribution is 7.13. The van der Waals surface area contributed by atoms with E-state index < -0.39 is 23.6 Å². The number of aliphatic hydroxyl groups is 1. The molecule has 1 aliphatic heterocycles. The molecule has 1 aromatic heterocycles. The Kier molecular flexibility index (Phi) is 9.13. The number of rotatable bonds is 8. The van der Waals surface area contributed by atoms with E-state index in [4.69, 9.17) is 0 Å². The predicted octanol–water partition coefficient (Wildman–Crippen LogP) is 3.83. The fourth-order valence-electron chi connectivity index (χ4n) is 4.61. The van der Waals surface area contributed by atoms with Gasteiger partial charge in [-0.05, 0) is 36.3 Å². The molecule has 37 heavy (non-hydrogen) atoms. The van der Waals surface area contributed by atoms with Crippen molar-refractivity contribution in [2.24, 2.45) is 11.3 Å². The molecule has 1 aliphatic rings. The minimum absolute atomic E-state index is 0.0564. The zero-order valence-electron chi connectivity index (χ0n) is 22.9. The Labute approximate surface area is 223 Å². The zero-order valence-corrected chi connectivity index (χ0v) is 23.7. The summed E-state index contributed by atoms with van der Waals surface area (Å²) in [5.74, 6) is -0.710. The second-order valence-corrected chi connectivity index (χ2v) is 12.3. The highest BCUT2D eigenvalue weighted by Gasteiger charge is 2.44. The van der Waals surface area contributed by atoms with Crippen LogP contribution in [0.5, 0.6) is 0 Å². The molecule has 4 atom stereocenters. The fraction of sp³-hybridized carbons (Fsp3) is 0.571. The number of carbonyl (C=O) groups excluding carboxylic acids is 3. The standard InChI is InChI=1S/C28H40N4O4S/c1-16(2)12-23(34)31-25(28(5,6)7)27(36)32-14-21(33)13-22(32)26(35)30-17(3)19-8-10-20(11-9-19)24-18(4)29-15-37-24/h8-11,15-17,21-22,25,33H,12-14H2,1-7H3,(H,30,35)(H,31,34)/t17-,21+,22-,25+/m0/s1. The zero-order chi connectivity index (χ0) is 27.5. The van der Waals surface area contributed by atoms with Crippen LogP contribution in [0.25, 0.3) is 10.4 Å². The number of aliphatic hydroxyl groups excluding tert-OH is 1. The first-order valence-corrected chi connectivity index (χ1v) is 13.7. The lowest BCUT2D eigenvalue weighted by Crippen LogP contribution is -2.58. The minimum Gasteiger partial charge on any atom is -0.391 e. The number of β-amino-alcohol motifs (C(OH)–C–C–N with tert-alkyl or cyclic N) is 1. The van der Waals surface area contributed by atoms with E-state index in [0.29, 0.717) is 6.42 Å². The summed E-state index contributed by atoms with van der Waals surface area (Å²) in [6.45, 7) is 13.5. The van der Waals surface area contributed by atoms with Gasteiger partial charge in [-0.25, -0.2) is 4.98 Å². The second-order valence-electron chi connectivity index (χ2n) is 11.5. The normalized spacial score (nSPS) is 19.5. The molecule has 202 valence electrons. The van der Waals surface area contributed by atoms with E-state index in [9.17, 15) is 19.5 Å². The van der Waals surface area contributed by atoms with Crippen molar-refractivity contribution in [1.82, 2.24) is 20.5 Å². The SMILES string of the molecule is Cc1ncsc1-c1ccc([C@H](C)NC(=O)[C@@H]2C[C@@H](O)CN2C(=O)[C@@H](NC(=O)CC(C)C)C(C)(C)C)cc1. The number of hydrogen-bond donors (Lipinski definition) is 3. The van der Waals surface area contributed by atoms with Crippen LogP contribution in [0, 0.1) is 18.3 Å². The molecule has 1 saturated heterocycles. The number of benzene rings is 1. The number of likely N-dealkylation sites (tertiary alicyclic amines) is 1. The van der Waals surface area contributed by atoms with Crippen LogP contribution in [0.4, 0.5) is 0 Å². The Morgan fingerprint density at radius 2 is 1.78 bits per heavy atom. The van der Waals surface area contributed by atoms with E-state index >= 15 is 0 Å². The average Bonchev–Trinajstić information content (AvgIpc) is 3.41. The number of carbonyl (C=O) groups is 3. The Hall–Kier alpha value is -2.78. The van der Waals surface area contributed by atoms with Gasteiger partial charge in [0.2, 0.25) is 17.7 Å². The first kappa shape index (κ1) is 28.8. The Morgan fingerprint density at radius 1 is 1.14 bits per heavy atom. The smallest absolute Gasteiger partial charge is 0.246 e. The number of nitrogens with zero attached hydrogens (tertiary/aromatic N) is 2. The maximum Gasteiger partial charge on any atom is 0.246 e. The van der Waals surface area contributed by atoms with E-state index in [-0.39, 0.29) is 42.6 Å². The van der Waals surface area contributed by atoms with Gasteiger partial charge in [-0.3, -0.25) is 14.4 Å². The van der Waals surface area contributed by atoms with Gasteiger partial charge in [0.1, 0.15) is 12.1 Å². The molecule has 1 fully saturated rings. The van der Waals surface area contributed by atoms with Crippen LogP contribution in [0.1, 0.15) is 71.7 Å². The van der Waals surface area contributed by atoms with Gasteiger partial charge < -0.3 is 20.6 Å². The lowest BCUT2D eigenvalue weighted by atomic mass is 9.85. The molecule has 0 unspecified atom stereocenters. The molecule has 0 aliphatic carbocycles. The third-order valence-electron chi connectivity index (χ3n) is 6.65. The average molecular weight is 529 g/mol. The van der Waals surface area contributed by atoms with Crippen LogP contribution in [0.2, 0.25) is 0 Å². The maximum atomic E-state index is 13.6. The number of nitrogens with one attached hydrogen (secondary N) is 2. The molecule has 2 aromatic rings. The number of hydrogen-bond acceptors (Lipinski definition) is 6. The van der Waals surface area contributed by atoms with E-state index in [1.54, 1.807) is 11.3 Å². The summed E-state index contributed by atoms with van der Waals surface area (Å²) in [6, 6.07) is 6.08. The molecule has 3 rings (SSSR count). The van der Waals surface area contributed by atoms with Gasteiger partial charge in [0.25, 0.3) is 0 Å². The third-order valence-corrected chi connectivity index (χ3v) is 7.63. The Morgan fingerprint density at radius 3 is 2.32 bits per heavy atom. The molecule has 3 amide bonds. The topological polar surface area (TPSA) is 112 Å². The van der Waals surface area contributed by atoms with Crippen molar-refractivity contribution in [3.05, 3.63) is 41.0 Å². The van der Waals surface area contributed by atoms with Crippen molar-refractivity contribution in [3.63, 3.8) is 0 Å². The molecule has 0 saturated carbocycles. The van der Waals surface area contributed by atoms with Gasteiger partial charge in [-0.15, -0.1) is 11.3 Å². The van der Waals surface area contributed by atoms with Crippen LogP contribution in [0.3, 0.4) is 0 Å². The van der Waals surface area contributed by atoms with Gasteiger partial charge in [0.15, 0.2) is 0 Å². The van der Waals surface area contributed by atoms with Gasteiger partial charge in [-0.1, -0.05) is 58.9 Å². The minimum atomic E-state index is -0.809. The van der Waals surface area contributed by atoms with Crippen LogP contribution in [-0.4, -0.2) is 57.4 Å². The third kappa shape index (κ3) is 7.17. The molecule has 0 spiro atoms. The van der Waals surface area contributed by atoms with E-state index in [1.165, 1.54) is 4.90 Å². The molecule has 0 radical (unpaired) electrons. The largest absolute Gasteiger partial charge is 0.391 e. The summed E-state index contributed by atoms with van der Waals surface area (Å²) in [5.41, 5.74) is 4.25. The molecule has 9 heteroatoms. The van der Waals surface area contributed by atoms with Gasteiger partial charge in [0, 0.05) is 19.4 Å². The number of amides is 3. The second kappa shape index (κ2) is 11.7. The maximum absolute atomic E-state index is 13.6. The summed E-state index contributed by atoms with van der Waals surface area (Å²) in [6.07, 6.45) is -0.334. The van der Waals surface area contributed by atoms with Crippen molar-refractivity contribution >= 4 is 29.1 Å². The van der Waals surface area contributed by atoms with Crippen molar-refractivity contribution in [3.8, 4) is 10.4 Å². The van der Waals surface area contributed by atoms with E-state index in [1.807, 2.05) is 78.2 Å². The summed E-state index contributed by atoms with van der Waals surface area (Å²) >= 11 is 1.59. The number of aromatic nitrogens is 1. The Bertz CT molecular complexity index is 1110. The van der Waals surface area contributed by atoms with Crippen LogP contribution >= 0.6 is 11.3 Å². The first-order valence-electron chi connectivity index (χ1n) is 12.9. The lowest BCUT2D eigenvalue weighted by Gasteiger charge is -2.35. The molecular weight excluding hydrogens is 488 g/mol. The van der Waals surface area contributed by atoms with Crippen molar-refractivity contribution < 1.29 is 19.5 Å². The lowest BCUT2D eigenvalue weighted by molar-refractivity contribution is -0.144. The summed E-state index contributed by atoms with van der Waals surface area (Å²) in [4.78, 5) is 46.3. The summed E-state index contributed by atoms with van der Waals surface area (Å²) in [7, 11) is 0. The Balaban J connectivity index is 1.72. The van der Waals surface area contributed by atoms with E-state index in [0.717, 1.165) is 21.7 Å². The van der Waals surface area contributed by atoms with Gasteiger partial charge >= 0.3 is 0 Å². The van der Waals surface area contributed by atoms with Gasteiger partial charge in [-0.2, -0.15) is 0 Å².